The number of nitrogens with one attached hydrogen (secondary N) is 1. The number of nitrogens with zero attached hydrogens (tertiary/aromatic N) is 4. The van der Waals surface area contributed by atoms with Gasteiger partial charge in [-0.3, -0.25) is 0 Å². The van der Waals surface area contributed by atoms with Crippen molar-refractivity contribution in [2.75, 3.05) is 0 Å². The molecule has 3 heterocycles. The van der Waals surface area contributed by atoms with Gasteiger partial charge in [-0.05, 0) is 80.6 Å². The van der Waals surface area contributed by atoms with Crippen molar-refractivity contribution in [1.29, 1.82) is 0 Å². The highest BCUT2D eigenvalue weighted by molar-refractivity contribution is 5.42. The summed E-state index contributed by atoms with van der Waals surface area (Å²) >= 11 is 0. The third-order valence-corrected chi connectivity index (χ3v) is 6.18. The van der Waals surface area contributed by atoms with Gasteiger partial charge in [0.25, 0.3) is 0 Å². The Morgan fingerprint density at radius 2 is 2.00 bits per heavy atom. The Morgan fingerprint density at radius 1 is 1.07 bits per heavy atom. The molecule has 1 aromatic carbocycles. The molecule has 152 valence electrons. The molecule has 0 aliphatic heterocycles. The molecule has 3 aromatic heterocycles. The van der Waals surface area contributed by atoms with E-state index in [1.807, 2.05) is 24.4 Å². The number of hydrogen-bond acceptors (Lipinski definition) is 3. The Morgan fingerprint density at radius 3 is 2.83 bits per heavy atom. The van der Waals surface area contributed by atoms with Crippen LogP contribution in [0.3, 0.4) is 0 Å². The quantitative estimate of drug-likeness (QED) is 0.524. The SMILES string of the molecule is Cc1ccc(-n2ncc3c2CCCC3NCc2cccn2-c2ccccn2)cc1C. The molecule has 1 N–H and O–H groups in total. The molecule has 0 amide bonds. The van der Waals surface area contributed by atoms with Gasteiger partial charge in [0.15, 0.2) is 0 Å². The summed E-state index contributed by atoms with van der Waals surface area (Å²) in [6.07, 6.45) is 9.34. The maximum Gasteiger partial charge on any atom is 0.136 e. The van der Waals surface area contributed by atoms with Gasteiger partial charge < -0.3 is 9.88 Å². The maximum atomic E-state index is 4.76. The van der Waals surface area contributed by atoms with Gasteiger partial charge >= 0.3 is 0 Å². The lowest BCUT2D eigenvalue weighted by atomic mass is 9.92. The minimum absolute atomic E-state index is 0.320. The summed E-state index contributed by atoms with van der Waals surface area (Å²) in [5.74, 6) is 0.950. The van der Waals surface area contributed by atoms with Crippen molar-refractivity contribution in [2.45, 2.75) is 45.7 Å². The number of rotatable bonds is 5. The van der Waals surface area contributed by atoms with E-state index in [9.17, 15) is 0 Å². The minimum Gasteiger partial charge on any atom is -0.304 e. The summed E-state index contributed by atoms with van der Waals surface area (Å²) in [4.78, 5) is 4.48. The normalized spacial score (nSPS) is 15.9. The van der Waals surface area contributed by atoms with E-state index >= 15 is 0 Å². The summed E-state index contributed by atoms with van der Waals surface area (Å²) in [5.41, 5.74) is 7.65. The summed E-state index contributed by atoms with van der Waals surface area (Å²) in [7, 11) is 0. The van der Waals surface area contributed by atoms with Crippen molar-refractivity contribution in [2.24, 2.45) is 0 Å². The Kier molecular flexibility index (Phi) is 4.97. The molecule has 0 saturated carbocycles. The molecule has 0 fully saturated rings. The molecule has 1 atom stereocenters. The van der Waals surface area contributed by atoms with E-state index in [0.717, 1.165) is 30.9 Å². The van der Waals surface area contributed by atoms with Crippen molar-refractivity contribution < 1.29 is 0 Å². The lowest BCUT2D eigenvalue weighted by Crippen LogP contribution is -2.26. The van der Waals surface area contributed by atoms with Crippen molar-refractivity contribution >= 4 is 0 Å². The number of aromatic nitrogens is 4. The van der Waals surface area contributed by atoms with Crippen LogP contribution < -0.4 is 5.32 Å². The van der Waals surface area contributed by atoms with E-state index < -0.39 is 0 Å². The Labute approximate surface area is 177 Å². The van der Waals surface area contributed by atoms with Crippen molar-refractivity contribution in [1.82, 2.24) is 24.6 Å². The summed E-state index contributed by atoms with van der Waals surface area (Å²) < 4.78 is 4.28. The van der Waals surface area contributed by atoms with Crippen molar-refractivity contribution in [3.05, 3.63) is 95.2 Å². The van der Waals surface area contributed by atoms with E-state index in [2.05, 4.69) is 76.1 Å². The fraction of sp³-hybridized carbons (Fsp3) is 0.280. The van der Waals surface area contributed by atoms with Gasteiger partial charge in [0.05, 0.1) is 11.9 Å². The topological polar surface area (TPSA) is 47.7 Å². The highest BCUT2D eigenvalue weighted by Crippen LogP contribution is 2.31. The van der Waals surface area contributed by atoms with E-state index in [4.69, 9.17) is 5.10 Å². The van der Waals surface area contributed by atoms with Crippen molar-refractivity contribution in [3.8, 4) is 11.5 Å². The second kappa shape index (κ2) is 7.92. The molecule has 0 saturated heterocycles. The second-order valence-corrected chi connectivity index (χ2v) is 8.11. The first-order valence-electron chi connectivity index (χ1n) is 10.7. The van der Waals surface area contributed by atoms with Gasteiger partial charge in [-0.15, -0.1) is 0 Å². The average molecular weight is 398 g/mol. The first-order chi connectivity index (χ1) is 14.7. The molecule has 5 rings (SSSR count). The molecule has 0 radical (unpaired) electrons. The van der Waals surface area contributed by atoms with Crippen LogP contribution in [0, 0.1) is 13.8 Å². The van der Waals surface area contributed by atoms with Crippen LogP contribution in [-0.4, -0.2) is 19.3 Å². The zero-order chi connectivity index (χ0) is 20.5. The molecular weight excluding hydrogens is 370 g/mol. The second-order valence-electron chi connectivity index (χ2n) is 8.11. The average Bonchev–Trinajstić information content (AvgIpc) is 3.42. The monoisotopic (exact) mass is 397 g/mol. The summed E-state index contributed by atoms with van der Waals surface area (Å²) in [5, 5.41) is 8.53. The van der Waals surface area contributed by atoms with Gasteiger partial charge in [-0.2, -0.15) is 5.10 Å². The molecule has 0 bridgehead atoms. The standard InChI is InChI=1S/C25H27N5/c1-18-11-12-20(15-19(18)2)30-24-9-5-8-23(22(24)17-28-30)27-16-21-7-6-14-29(21)25-10-3-4-13-26-25/h3-4,6-7,10-15,17,23,27H,5,8-9,16H2,1-2H3. The zero-order valence-electron chi connectivity index (χ0n) is 17.5. The first kappa shape index (κ1) is 18.8. The van der Waals surface area contributed by atoms with Crippen LogP contribution >= 0.6 is 0 Å². The van der Waals surface area contributed by atoms with Crippen LogP contribution in [0.4, 0.5) is 0 Å². The van der Waals surface area contributed by atoms with Crippen LogP contribution in [0.2, 0.25) is 0 Å². The first-order valence-corrected chi connectivity index (χ1v) is 10.7. The number of fused-ring (bicyclic) bond motifs is 1. The van der Waals surface area contributed by atoms with Crippen LogP contribution in [0.15, 0.2) is 67.1 Å². The fourth-order valence-corrected chi connectivity index (χ4v) is 4.36. The fourth-order valence-electron chi connectivity index (χ4n) is 4.36. The van der Waals surface area contributed by atoms with E-state index in [-0.39, 0.29) is 0 Å². The van der Waals surface area contributed by atoms with Crippen LogP contribution in [0.25, 0.3) is 11.5 Å². The van der Waals surface area contributed by atoms with Crippen LogP contribution in [0.5, 0.6) is 0 Å². The smallest absolute Gasteiger partial charge is 0.136 e. The Hall–Kier alpha value is -3.18. The highest BCUT2D eigenvalue weighted by atomic mass is 15.3. The zero-order valence-corrected chi connectivity index (χ0v) is 17.5. The largest absolute Gasteiger partial charge is 0.304 e. The van der Waals surface area contributed by atoms with Gasteiger partial charge in [-0.1, -0.05) is 12.1 Å². The summed E-state index contributed by atoms with van der Waals surface area (Å²) in [6.45, 7) is 5.11. The minimum atomic E-state index is 0.320. The molecule has 5 heteroatoms. The number of pyridine rings is 1. The van der Waals surface area contributed by atoms with Crippen LogP contribution in [0.1, 0.15) is 47.0 Å². The molecule has 1 unspecified atom stereocenters. The number of aryl methyl sites for hydroxylation is 2. The van der Waals surface area contributed by atoms with Crippen molar-refractivity contribution in [3.63, 3.8) is 0 Å². The number of hydrogen-bond donors (Lipinski definition) is 1. The lowest BCUT2D eigenvalue weighted by molar-refractivity contribution is 0.450. The molecule has 4 aromatic rings. The predicted molar refractivity (Wildman–Crippen MR) is 119 cm³/mol. The van der Waals surface area contributed by atoms with E-state index in [0.29, 0.717) is 6.04 Å². The molecule has 30 heavy (non-hydrogen) atoms. The molecule has 1 aliphatic carbocycles. The molecule has 1 aliphatic rings. The van der Waals surface area contributed by atoms with Gasteiger partial charge in [0, 0.05) is 41.9 Å². The van der Waals surface area contributed by atoms with Gasteiger partial charge in [0.1, 0.15) is 5.82 Å². The predicted octanol–water partition coefficient (Wildman–Crippen LogP) is 4.84. The van der Waals surface area contributed by atoms with E-state index in [1.165, 1.54) is 34.5 Å². The Bertz CT molecular complexity index is 1160. The van der Waals surface area contributed by atoms with Gasteiger partial charge in [-0.25, -0.2) is 9.67 Å². The van der Waals surface area contributed by atoms with Gasteiger partial charge in [0.2, 0.25) is 0 Å². The van der Waals surface area contributed by atoms with E-state index in [1.54, 1.807) is 0 Å². The Balaban J connectivity index is 1.37. The lowest BCUT2D eigenvalue weighted by Gasteiger charge is -2.24. The molecular formula is C25H27N5. The van der Waals surface area contributed by atoms with Crippen LogP contribution in [-0.2, 0) is 13.0 Å². The third kappa shape index (κ3) is 3.46. The highest BCUT2D eigenvalue weighted by Gasteiger charge is 2.24. The number of benzene rings is 1. The maximum absolute atomic E-state index is 4.76. The molecule has 0 spiro atoms. The summed E-state index contributed by atoms with van der Waals surface area (Å²) in [6, 6.07) is 17.2. The molecule has 5 nitrogen and oxygen atoms in total. The third-order valence-electron chi connectivity index (χ3n) is 6.18.